The molecule has 0 amide bonds. The highest BCUT2D eigenvalue weighted by molar-refractivity contribution is 5.67. The average Bonchev–Trinajstić information content (AvgIpc) is 2.80. The average molecular weight is 465 g/mol. The first kappa shape index (κ1) is 25.6. The van der Waals surface area contributed by atoms with E-state index in [1.807, 2.05) is 30.3 Å². The SMILES string of the molecule is CCCCCCCCO[C@H]1O[C@@H]2CO[C@@H](c3ccccc3)O[C@H]2[C@H](OC(C)=O)[C@H]1OC(C)=O. The van der Waals surface area contributed by atoms with Crippen molar-refractivity contribution in [1.82, 2.24) is 0 Å². The van der Waals surface area contributed by atoms with Gasteiger partial charge in [-0.15, -0.1) is 0 Å². The van der Waals surface area contributed by atoms with Gasteiger partial charge < -0.3 is 28.4 Å². The van der Waals surface area contributed by atoms with Crippen LogP contribution in [-0.2, 0) is 38.0 Å². The van der Waals surface area contributed by atoms with Crippen molar-refractivity contribution in [3.05, 3.63) is 35.9 Å². The first-order valence-corrected chi connectivity index (χ1v) is 11.9. The predicted octanol–water partition coefficient (Wildman–Crippen LogP) is 4.07. The van der Waals surface area contributed by atoms with Crippen molar-refractivity contribution in [2.24, 2.45) is 0 Å². The van der Waals surface area contributed by atoms with Gasteiger partial charge in [-0.3, -0.25) is 9.59 Å². The molecule has 2 aliphatic rings. The Morgan fingerprint density at radius 3 is 2.27 bits per heavy atom. The molecule has 3 rings (SSSR count). The quantitative estimate of drug-likeness (QED) is 0.358. The number of unbranched alkanes of at least 4 members (excludes halogenated alkanes) is 5. The molecule has 0 unspecified atom stereocenters. The van der Waals surface area contributed by atoms with Crippen LogP contribution in [0.4, 0.5) is 0 Å². The molecule has 0 spiro atoms. The summed E-state index contributed by atoms with van der Waals surface area (Å²) >= 11 is 0. The van der Waals surface area contributed by atoms with Gasteiger partial charge in [0.15, 0.2) is 24.8 Å². The van der Waals surface area contributed by atoms with E-state index < -0.39 is 48.9 Å². The molecule has 0 saturated carbocycles. The van der Waals surface area contributed by atoms with E-state index in [1.165, 1.54) is 33.1 Å². The van der Waals surface area contributed by atoms with E-state index in [1.54, 1.807) is 0 Å². The second-order valence-corrected chi connectivity index (χ2v) is 8.51. The van der Waals surface area contributed by atoms with Crippen LogP contribution in [0, 0.1) is 0 Å². The van der Waals surface area contributed by atoms with Gasteiger partial charge in [-0.2, -0.15) is 0 Å². The van der Waals surface area contributed by atoms with E-state index in [0.29, 0.717) is 6.61 Å². The van der Waals surface area contributed by atoms with Gasteiger partial charge in [-0.05, 0) is 6.42 Å². The molecular weight excluding hydrogens is 428 g/mol. The standard InChI is InChI=1S/C25H36O8/c1-4-5-6-7-8-12-15-28-25-23(31-18(3)27)22(30-17(2)26)21-20(32-25)16-29-24(33-21)19-13-10-9-11-14-19/h9-11,13-14,20-25H,4-8,12,15-16H2,1-3H3/t20-,21-,22+,23-,24-,25+/m1/s1. The van der Waals surface area contributed by atoms with Gasteiger partial charge in [0.1, 0.15) is 12.2 Å². The number of esters is 2. The Balaban J connectivity index is 1.69. The lowest BCUT2D eigenvalue weighted by Gasteiger charge is -2.48. The molecule has 6 atom stereocenters. The van der Waals surface area contributed by atoms with Crippen LogP contribution in [0.5, 0.6) is 0 Å². The molecule has 2 heterocycles. The molecule has 1 aromatic carbocycles. The maximum absolute atomic E-state index is 11.9. The highest BCUT2D eigenvalue weighted by Crippen LogP contribution is 2.36. The molecule has 8 nitrogen and oxygen atoms in total. The molecule has 2 fully saturated rings. The molecule has 0 N–H and O–H groups in total. The Morgan fingerprint density at radius 1 is 0.909 bits per heavy atom. The molecule has 0 bridgehead atoms. The largest absolute Gasteiger partial charge is 0.455 e. The Bertz CT molecular complexity index is 739. The summed E-state index contributed by atoms with van der Waals surface area (Å²) in [5.41, 5.74) is 0.836. The summed E-state index contributed by atoms with van der Waals surface area (Å²) in [5, 5.41) is 0. The summed E-state index contributed by atoms with van der Waals surface area (Å²) in [6.07, 6.45) is 2.16. The Labute approximate surface area is 195 Å². The lowest BCUT2D eigenvalue weighted by molar-refractivity contribution is -0.362. The number of carbonyl (C=O) groups is 2. The van der Waals surface area contributed by atoms with Gasteiger partial charge >= 0.3 is 11.9 Å². The fourth-order valence-electron chi connectivity index (χ4n) is 4.18. The van der Waals surface area contributed by atoms with Crippen LogP contribution in [-0.4, -0.2) is 55.9 Å². The van der Waals surface area contributed by atoms with Gasteiger partial charge in [0.2, 0.25) is 0 Å². The monoisotopic (exact) mass is 464 g/mol. The number of benzene rings is 1. The van der Waals surface area contributed by atoms with Crippen molar-refractivity contribution in [3.63, 3.8) is 0 Å². The number of carbonyl (C=O) groups excluding carboxylic acids is 2. The molecule has 184 valence electrons. The molecule has 33 heavy (non-hydrogen) atoms. The molecule has 8 heteroatoms. The van der Waals surface area contributed by atoms with Crippen LogP contribution in [0.3, 0.4) is 0 Å². The van der Waals surface area contributed by atoms with Crippen molar-refractivity contribution in [3.8, 4) is 0 Å². The maximum atomic E-state index is 11.9. The molecule has 0 aliphatic carbocycles. The summed E-state index contributed by atoms with van der Waals surface area (Å²) in [4.78, 5) is 23.8. The smallest absolute Gasteiger partial charge is 0.303 e. The fraction of sp³-hybridized carbons (Fsp3) is 0.680. The normalized spacial score (nSPS) is 29.2. The van der Waals surface area contributed by atoms with Gasteiger partial charge in [0, 0.05) is 26.0 Å². The van der Waals surface area contributed by atoms with Crippen molar-refractivity contribution in [1.29, 1.82) is 0 Å². The highest BCUT2D eigenvalue weighted by atomic mass is 16.8. The van der Waals surface area contributed by atoms with Crippen molar-refractivity contribution < 1.29 is 38.0 Å². The summed E-state index contributed by atoms with van der Waals surface area (Å²) in [5.74, 6) is -1.02. The zero-order chi connectivity index (χ0) is 23.6. The minimum atomic E-state index is -0.942. The van der Waals surface area contributed by atoms with E-state index in [0.717, 1.165) is 24.8 Å². The Morgan fingerprint density at radius 2 is 1.58 bits per heavy atom. The van der Waals surface area contributed by atoms with Gasteiger partial charge in [-0.25, -0.2) is 0 Å². The molecule has 0 radical (unpaired) electrons. The highest BCUT2D eigenvalue weighted by Gasteiger charge is 2.53. The van der Waals surface area contributed by atoms with Crippen molar-refractivity contribution in [2.75, 3.05) is 13.2 Å². The third-order valence-electron chi connectivity index (χ3n) is 5.74. The predicted molar refractivity (Wildman–Crippen MR) is 119 cm³/mol. The number of rotatable bonds is 11. The fourth-order valence-corrected chi connectivity index (χ4v) is 4.18. The summed E-state index contributed by atoms with van der Waals surface area (Å²) in [6.45, 7) is 5.49. The van der Waals surface area contributed by atoms with Crippen LogP contribution >= 0.6 is 0 Å². The number of hydrogen-bond acceptors (Lipinski definition) is 8. The lowest BCUT2D eigenvalue weighted by Crippen LogP contribution is -2.64. The second kappa shape index (κ2) is 13.0. The molecule has 2 saturated heterocycles. The number of hydrogen-bond donors (Lipinski definition) is 0. The van der Waals surface area contributed by atoms with Crippen molar-refractivity contribution >= 4 is 11.9 Å². The summed E-state index contributed by atoms with van der Waals surface area (Å²) in [6, 6.07) is 9.48. The first-order chi connectivity index (χ1) is 16.0. The van der Waals surface area contributed by atoms with Crippen LogP contribution in [0.2, 0.25) is 0 Å². The summed E-state index contributed by atoms with van der Waals surface area (Å²) < 4.78 is 35.3. The van der Waals surface area contributed by atoms with E-state index in [4.69, 9.17) is 28.4 Å². The molecular formula is C25H36O8. The maximum Gasteiger partial charge on any atom is 0.303 e. The van der Waals surface area contributed by atoms with Gasteiger partial charge in [0.25, 0.3) is 0 Å². The Kier molecular flexibility index (Phi) is 10.1. The van der Waals surface area contributed by atoms with Crippen LogP contribution in [0.15, 0.2) is 30.3 Å². The number of ether oxygens (including phenoxy) is 6. The van der Waals surface area contributed by atoms with Gasteiger partial charge in [-0.1, -0.05) is 69.4 Å². The van der Waals surface area contributed by atoms with Gasteiger partial charge in [0.05, 0.1) is 6.61 Å². The zero-order valence-electron chi connectivity index (χ0n) is 19.8. The number of fused-ring (bicyclic) bond motifs is 1. The first-order valence-electron chi connectivity index (χ1n) is 11.9. The van der Waals surface area contributed by atoms with Crippen LogP contribution in [0.25, 0.3) is 0 Å². The molecule has 1 aromatic rings. The van der Waals surface area contributed by atoms with Crippen LogP contribution < -0.4 is 0 Å². The summed E-state index contributed by atoms with van der Waals surface area (Å²) in [7, 11) is 0. The second-order valence-electron chi connectivity index (χ2n) is 8.51. The molecule has 2 aliphatic heterocycles. The van der Waals surface area contributed by atoms with Crippen LogP contribution in [0.1, 0.15) is 71.1 Å². The van der Waals surface area contributed by atoms with E-state index >= 15 is 0 Å². The van der Waals surface area contributed by atoms with E-state index in [9.17, 15) is 9.59 Å². The third kappa shape index (κ3) is 7.50. The minimum absolute atomic E-state index is 0.228. The van der Waals surface area contributed by atoms with Crippen molar-refractivity contribution in [2.45, 2.75) is 96.3 Å². The minimum Gasteiger partial charge on any atom is -0.455 e. The lowest BCUT2D eigenvalue weighted by atomic mass is 9.97. The Hall–Kier alpha value is -2.00. The third-order valence-corrected chi connectivity index (χ3v) is 5.74. The molecule has 0 aromatic heterocycles. The van der Waals surface area contributed by atoms with E-state index in [2.05, 4.69) is 6.92 Å². The zero-order valence-corrected chi connectivity index (χ0v) is 19.8. The van der Waals surface area contributed by atoms with E-state index in [-0.39, 0.29) is 6.61 Å². The topological polar surface area (TPSA) is 89.5 Å².